The molecule has 6 aromatic carbocycles. The molecule has 11 rings (SSSR count). The minimum Gasteiger partial charge on any atom is -0.317 e. The van der Waals surface area contributed by atoms with Crippen molar-refractivity contribution >= 4 is 41.3 Å². The summed E-state index contributed by atoms with van der Waals surface area (Å²) in [5.41, 5.74) is 19.3. The van der Waals surface area contributed by atoms with Crippen LogP contribution in [-0.4, -0.2) is 9.13 Å². The molecule has 0 aliphatic heterocycles. The summed E-state index contributed by atoms with van der Waals surface area (Å²) in [6.07, 6.45) is 31.6. The van der Waals surface area contributed by atoms with Crippen LogP contribution in [0.25, 0.3) is 74.9 Å². The molecule has 3 aliphatic rings. The molecule has 3 aliphatic carbocycles. The molecule has 0 N–H and O–H groups in total. The summed E-state index contributed by atoms with van der Waals surface area (Å²) in [7, 11) is 0. The average Bonchev–Trinajstić information content (AvgIpc) is 4.05. The number of allylic oxidation sites excluding steroid dienone is 5. The number of hydrogen-bond acceptors (Lipinski definition) is 0. The van der Waals surface area contributed by atoms with E-state index in [9.17, 15) is 0 Å². The lowest BCUT2D eigenvalue weighted by Gasteiger charge is -2.30. The van der Waals surface area contributed by atoms with Crippen molar-refractivity contribution in [2.24, 2.45) is 11.8 Å². The summed E-state index contributed by atoms with van der Waals surface area (Å²) >= 11 is 0. The topological polar surface area (TPSA) is 9.86 Å². The summed E-state index contributed by atoms with van der Waals surface area (Å²) < 4.78 is 4.62. The Morgan fingerprint density at radius 3 is 1.79 bits per heavy atom. The van der Waals surface area contributed by atoms with E-state index in [1.54, 1.807) is 0 Å². The molecule has 63 heavy (non-hydrogen) atoms. The Labute approximate surface area is 372 Å². The Bertz CT molecular complexity index is 3120. The largest absolute Gasteiger partial charge is 0.317 e. The summed E-state index contributed by atoms with van der Waals surface area (Å²) in [6, 6.07) is 53.9. The smallest absolute Gasteiger partial charge is 0.0528 e. The first-order valence-electron chi connectivity index (χ1n) is 22.8. The van der Waals surface area contributed by atoms with E-state index in [0.29, 0.717) is 11.8 Å². The molecule has 306 valence electrons. The van der Waals surface area contributed by atoms with Gasteiger partial charge in [0.05, 0.1) is 5.52 Å². The number of hydrogen-bond donors (Lipinski definition) is 0. The molecule has 0 radical (unpaired) electrons. The van der Waals surface area contributed by atoms with Gasteiger partial charge in [-0.2, -0.15) is 0 Å². The summed E-state index contributed by atoms with van der Waals surface area (Å²) in [6.45, 7) is 4.71. The molecule has 2 heterocycles. The molecule has 0 saturated heterocycles. The Kier molecular flexibility index (Phi) is 10.0. The molecule has 0 spiro atoms. The molecular weight excluding hydrogens is 761 g/mol. The molecule has 8 aromatic rings. The van der Waals surface area contributed by atoms with Crippen molar-refractivity contribution in [2.45, 2.75) is 44.9 Å². The zero-order chi connectivity index (χ0) is 42.3. The molecule has 2 heteroatoms. The molecule has 0 fully saturated rings. The highest BCUT2D eigenvalue weighted by molar-refractivity contribution is 5.88. The van der Waals surface area contributed by atoms with Gasteiger partial charge in [-0.3, -0.25) is 0 Å². The molecule has 2 nitrogen and oxygen atoms in total. The van der Waals surface area contributed by atoms with Crippen molar-refractivity contribution in [3.63, 3.8) is 0 Å². The van der Waals surface area contributed by atoms with E-state index < -0.39 is 0 Å². The molecule has 0 amide bonds. The Hall–Kier alpha value is -7.16. The molecule has 0 bridgehead atoms. The zero-order valence-electron chi connectivity index (χ0n) is 36.2. The van der Waals surface area contributed by atoms with Gasteiger partial charge in [0.1, 0.15) is 0 Å². The van der Waals surface area contributed by atoms with Gasteiger partial charge in [-0.25, -0.2) is 0 Å². The predicted octanol–water partition coefficient (Wildman–Crippen LogP) is 15.8. The lowest BCUT2D eigenvalue weighted by atomic mass is 9.73. The summed E-state index contributed by atoms with van der Waals surface area (Å²) in [5, 5.41) is 1.24. The highest BCUT2D eigenvalue weighted by atomic mass is 15.0. The highest BCUT2D eigenvalue weighted by Gasteiger charge is 2.40. The number of benzene rings is 6. The molecule has 2 aromatic heterocycles. The summed E-state index contributed by atoms with van der Waals surface area (Å²) in [4.78, 5) is 0. The quantitative estimate of drug-likeness (QED) is 0.122. The van der Waals surface area contributed by atoms with Crippen molar-refractivity contribution in [3.8, 4) is 33.6 Å². The SMILES string of the molecule is CCC1(CC)c2cc(/C=C/c3ccc(-n4ccc5c4C=CC(C4C=CC=CC4)C5)cc3)ccc2-c2ccc(/C=C/c3ccc(-n4ccc5cc(-c6ccccc6)ccc54)cc3)cc21. The van der Waals surface area contributed by atoms with Crippen LogP contribution in [-0.2, 0) is 11.8 Å². The van der Waals surface area contributed by atoms with Crippen molar-refractivity contribution in [1.82, 2.24) is 9.13 Å². The van der Waals surface area contributed by atoms with Gasteiger partial charge in [-0.1, -0.05) is 166 Å². The first kappa shape index (κ1) is 38.7. The molecular formula is C61H52N2. The second-order valence-corrected chi connectivity index (χ2v) is 17.6. The van der Waals surface area contributed by atoms with Crippen LogP contribution in [0, 0.1) is 11.8 Å². The van der Waals surface area contributed by atoms with E-state index in [2.05, 4.69) is 242 Å². The van der Waals surface area contributed by atoms with E-state index in [4.69, 9.17) is 0 Å². The second kappa shape index (κ2) is 16.3. The van der Waals surface area contributed by atoms with E-state index in [-0.39, 0.29) is 5.41 Å². The normalized spacial score (nSPS) is 17.2. The lowest BCUT2D eigenvalue weighted by molar-refractivity contribution is 0.471. The van der Waals surface area contributed by atoms with Crippen LogP contribution >= 0.6 is 0 Å². The van der Waals surface area contributed by atoms with Crippen molar-refractivity contribution in [2.75, 3.05) is 0 Å². The third kappa shape index (κ3) is 7.10. The van der Waals surface area contributed by atoms with Gasteiger partial charge in [0.25, 0.3) is 0 Å². The fourth-order valence-corrected chi connectivity index (χ4v) is 10.6. The lowest BCUT2D eigenvalue weighted by Crippen LogP contribution is -2.23. The van der Waals surface area contributed by atoms with Crippen LogP contribution in [0.1, 0.15) is 77.7 Å². The minimum atomic E-state index is -0.0163. The minimum absolute atomic E-state index is 0.0163. The van der Waals surface area contributed by atoms with Crippen molar-refractivity contribution in [1.29, 1.82) is 0 Å². The van der Waals surface area contributed by atoms with Gasteiger partial charge in [-0.15, -0.1) is 0 Å². The van der Waals surface area contributed by atoms with Crippen LogP contribution in [0.4, 0.5) is 0 Å². The van der Waals surface area contributed by atoms with Crippen molar-refractivity contribution in [3.05, 3.63) is 233 Å². The van der Waals surface area contributed by atoms with Gasteiger partial charge in [0, 0.05) is 40.3 Å². The van der Waals surface area contributed by atoms with E-state index >= 15 is 0 Å². The van der Waals surface area contributed by atoms with Crippen LogP contribution in [0.2, 0.25) is 0 Å². The molecule has 2 unspecified atom stereocenters. The number of aromatic nitrogens is 2. The first-order chi connectivity index (χ1) is 31.1. The third-order valence-electron chi connectivity index (χ3n) is 14.2. The maximum Gasteiger partial charge on any atom is 0.0528 e. The third-order valence-corrected chi connectivity index (χ3v) is 14.2. The van der Waals surface area contributed by atoms with E-state index in [1.165, 1.54) is 83.5 Å². The molecule has 2 atom stereocenters. The van der Waals surface area contributed by atoms with Gasteiger partial charge < -0.3 is 9.13 Å². The van der Waals surface area contributed by atoms with E-state index in [0.717, 1.165) is 31.4 Å². The maximum atomic E-state index is 2.45. The number of rotatable bonds is 10. The zero-order valence-corrected chi connectivity index (χ0v) is 36.2. The first-order valence-corrected chi connectivity index (χ1v) is 22.8. The van der Waals surface area contributed by atoms with Gasteiger partial charge in [0.2, 0.25) is 0 Å². The Morgan fingerprint density at radius 1 is 0.540 bits per heavy atom. The fourth-order valence-electron chi connectivity index (χ4n) is 10.6. The fraction of sp³-hybridized carbons (Fsp3) is 0.148. The highest BCUT2D eigenvalue weighted by Crippen LogP contribution is 2.53. The van der Waals surface area contributed by atoms with Gasteiger partial charge in [0.15, 0.2) is 0 Å². The number of fused-ring (bicyclic) bond motifs is 5. The summed E-state index contributed by atoms with van der Waals surface area (Å²) in [5.74, 6) is 1.17. The molecule has 0 saturated carbocycles. The Balaban J connectivity index is 0.784. The van der Waals surface area contributed by atoms with E-state index in [1.807, 2.05) is 0 Å². The van der Waals surface area contributed by atoms with Gasteiger partial charge in [-0.05, 0) is 153 Å². The van der Waals surface area contributed by atoms with Crippen molar-refractivity contribution < 1.29 is 0 Å². The van der Waals surface area contributed by atoms with Gasteiger partial charge >= 0.3 is 0 Å². The maximum absolute atomic E-state index is 2.45. The number of nitrogens with zero attached hydrogens (tertiary/aromatic N) is 2. The monoisotopic (exact) mass is 812 g/mol. The average molecular weight is 813 g/mol. The van der Waals surface area contributed by atoms with Crippen LogP contribution in [0.5, 0.6) is 0 Å². The Morgan fingerprint density at radius 2 is 1.16 bits per heavy atom. The van der Waals surface area contributed by atoms with Crippen LogP contribution in [0.3, 0.4) is 0 Å². The van der Waals surface area contributed by atoms with Crippen LogP contribution < -0.4 is 0 Å². The second-order valence-electron chi connectivity index (χ2n) is 17.6. The predicted molar refractivity (Wildman–Crippen MR) is 268 cm³/mol. The standard InChI is InChI=1S/C61H52N2/c1-3-61(4-2)57-39-45(17-15-43-19-27-53(28-20-43)62-37-35-51-41-49(25-33-59(51)62)47-11-7-5-8-12-47)23-31-55(57)56-32-24-46(40-58(56)61)18-16-44-21-29-54(30-22-44)63-38-36-52-42-50(26-34-60(52)63)48-13-9-6-10-14-48/h5-13,15-41,48,50H,3-4,14,42H2,1-2H3/b17-15+,18-16+. The van der Waals surface area contributed by atoms with Crippen LogP contribution in [0.15, 0.2) is 188 Å².